The van der Waals surface area contributed by atoms with E-state index in [2.05, 4.69) is 5.16 Å². The molecular formula is C12H23N3O2. The number of hydrogen-bond donors (Lipinski definition) is 2. The number of rotatable bonds is 6. The molecule has 3 N–H and O–H groups in total. The quantitative estimate of drug-likeness (QED) is 0.319. The van der Waals surface area contributed by atoms with Crippen LogP contribution in [0.5, 0.6) is 0 Å². The van der Waals surface area contributed by atoms with Crippen LogP contribution < -0.4 is 5.73 Å². The maximum absolute atomic E-state index is 12.2. The lowest BCUT2D eigenvalue weighted by atomic mass is 10.0. The molecule has 1 rings (SSSR count). The fourth-order valence-corrected chi connectivity index (χ4v) is 1.97. The molecule has 1 aliphatic rings. The molecule has 0 bridgehead atoms. The average molecular weight is 241 g/mol. The van der Waals surface area contributed by atoms with Crippen LogP contribution in [0.15, 0.2) is 5.16 Å². The first-order valence-electron chi connectivity index (χ1n) is 6.24. The van der Waals surface area contributed by atoms with Crippen molar-refractivity contribution in [1.29, 1.82) is 0 Å². The maximum atomic E-state index is 12.2. The van der Waals surface area contributed by atoms with Gasteiger partial charge in [-0.1, -0.05) is 12.1 Å². The van der Waals surface area contributed by atoms with Crippen LogP contribution in [0.1, 0.15) is 40.0 Å². The fourth-order valence-electron chi connectivity index (χ4n) is 1.97. The summed E-state index contributed by atoms with van der Waals surface area (Å²) in [5.41, 5.74) is 5.43. The van der Waals surface area contributed by atoms with Gasteiger partial charge in [0, 0.05) is 24.9 Å². The molecule has 0 aromatic heterocycles. The van der Waals surface area contributed by atoms with Gasteiger partial charge in [0.2, 0.25) is 5.91 Å². The Balaban J connectivity index is 2.55. The molecule has 17 heavy (non-hydrogen) atoms. The highest BCUT2D eigenvalue weighted by molar-refractivity contribution is 5.82. The van der Waals surface area contributed by atoms with Crippen molar-refractivity contribution in [2.45, 2.75) is 46.1 Å². The molecule has 5 heteroatoms. The van der Waals surface area contributed by atoms with Crippen molar-refractivity contribution < 1.29 is 10.0 Å². The van der Waals surface area contributed by atoms with Gasteiger partial charge in [0.05, 0.1) is 0 Å². The molecule has 0 aliphatic heterocycles. The zero-order valence-corrected chi connectivity index (χ0v) is 10.9. The minimum Gasteiger partial charge on any atom is -0.409 e. The van der Waals surface area contributed by atoms with Gasteiger partial charge in [0.15, 0.2) is 0 Å². The van der Waals surface area contributed by atoms with Gasteiger partial charge in [-0.15, -0.1) is 0 Å². The van der Waals surface area contributed by atoms with Crippen molar-refractivity contribution in [2.24, 2.45) is 22.7 Å². The van der Waals surface area contributed by atoms with E-state index < -0.39 is 0 Å². The molecule has 1 saturated carbocycles. The summed E-state index contributed by atoms with van der Waals surface area (Å²) in [6, 6.07) is 0.148. The standard InChI is InChI=1S/C12H23N3O2/c1-8(2)15(7-6-11(13)14-17)12(16)9(3)10-4-5-10/h8-10,17H,4-7H2,1-3H3,(H2,13,14). The van der Waals surface area contributed by atoms with Gasteiger partial charge in [-0.3, -0.25) is 4.79 Å². The summed E-state index contributed by atoms with van der Waals surface area (Å²) in [7, 11) is 0. The number of carbonyl (C=O) groups excluding carboxylic acids is 1. The van der Waals surface area contributed by atoms with Crippen LogP contribution in [0.4, 0.5) is 0 Å². The normalized spacial score (nSPS) is 18.2. The number of hydrogen-bond acceptors (Lipinski definition) is 3. The molecular weight excluding hydrogens is 218 g/mol. The number of carbonyl (C=O) groups is 1. The van der Waals surface area contributed by atoms with Gasteiger partial charge < -0.3 is 15.8 Å². The Kier molecular flexibility index (Phi) is 4.78. The minimum atomic E-state index is 0.102. The Labute approximate surface area is 103 Å². The largest absolute Gasteiger partial charge is 0.409 e. The summed E-state index contributed by atoms with van der Waals surface area (Å²) in [6.45, 7) is 6.50. The van der Waals surface area contributed by atoms with E-state index in [-0.39, 0.29) is 23.7 Å². The summed E-state index contributed by atoms with van der Waals surface area (Å²) in [5, 5.41) is 11.4. The number of nitrogens with two attached hydrogens (primary N) is 1. The van der Waals surface area contributed by atoms with E-state index in [0.717, 1.165) is 0 Å². The first-order valence-corrected chi connectivity index (χ1v) is 6.24. The predicted molar refractivity (Wildman–Crippen MR) is 66.8 cm³/mol. The van der Waals surface area contributed by atoms with Gasteiger partial charge in [0.25, 0.3) is 0 Å². The second kappa shape index (κ2) is 5.89. The lowest BCUT2D eigenvalue weighted by Gasteiger charge is -2.29. The van der Waals surface area contributed by atoms with Crippen LogP contribution in [-0.4, -0.2) is 34.4 Å². The predicted octanol–water partition coefficient (Wildman–Crippen LogP) is 1.41. The van der Waals surface area contributed by atoms with Crippen molar-refractivity contribution in [3.8, 4) is 0 Å². The molecule has 0 aromatic carbocycles. The van der Waals surface area contributed by atoms with E-state index in [1.807, 2.05) is 25.7 Å². The molecule has 1 amide bonds. The maximum Gasteiger partial charge on any atom is 0.225 e. The van der Waals surface area contributed by atoms with Crippen LogP contribution in [0.25, 0.3) is 0 Å². The van der Waals surface area contributed by atoms with Gasteiger partial charge >= 0.3 is 0 Å². The van der Waals surface area contributed by atoms with Crippen molar-refractivity contribution in [3.05, 3.63) is 0 Å². The lowest BCUT2D eigenvalue weighted by molar-refractivity contribution is -0.137. The van der Waals surface area contributed by atoms with Gasteiger partial charge in [0.1, 0.15) is 5.84 Å². The molecule has 5 nitrogen and oxygen atoms in total. The Morgan fingerprint density at radius 3 is 2.47 bits per heavy atom. The third-order valence-electron chi connectivity index (χ3n) is 3.36. The monoisotopic (exact) mass is 241 g/mol. The van der Waals surface area contributed by atoms with Gasteiger partial charge in [-0.25, -0.2) is 0 Å². The van der Waals surface area contributed by atoms with E-state index >= 15 is 0 Å². The molecule has 0 saturated heterocycles. The number of amidine groups is 1. The van der Waals surface area contributed by atoms with Crippen molar-refractivity contribution in [1.82, 2.24) is 4.90 Å². The summed E-state index contributed by atoms with van der Waals surface area (Å²) in [4.78, 5) is 14.1. The first-order chi connectivity index (χ1) is 7.97. The fraction of sp³-hybridized carbons (Fsp3) is 0.833. The van der Waals surface area contributed by atoms with Gasteiger partial charge in [-0.2, -0.15) is 0 Å². The second-order valence-corrected chi connectivity index (χ2v) is 5.09. The first kappa shape index (κ1) is 13.8. The third-order valence-corrected chi connectivity index (χ3v) is 3.36. The zero-order chi connectivity index (χ0) is 13.0. The second-order valence-electron chi connectivity index (χ2n) is 5.09. The highest BCUT2D eigenvalue weighted by Gasteiger charge is 2.35. The van der Waals surface area contributed by atoms with Crippen LogP contribution in [0.2, 0.25) is 0 Å². The summed E-state index contributed by atoms with van der Waals surface area (Å²) in [6.07, 6.45) is 2.75. The highest BCUT2D eigenvalue weighted by Crippen LogP contribution is 2.37. The smallest absolute Gasteiger partial charge is 0.225 e. The van der Waals surface area contributed by atoms with E-state index in [1.54, 1.807) is 0 Å². The molecule has 0 aromatic rings. The Hall–Kier alpha value is -1.26. The van der Waals surface area contributed by atoms with Crippen LogP contribution in [-0.2, 0) is 4.79 Å². The van der Waals surface area contributed by atoms with Crippen LogP contribution in [0.3, 0.4) is 0 Å². The van der Waals surface area contributed by atoms with E-state index in [4.69, 9.17) is 10.9 Å². The van der Waals surface area contributed by atoms with Crippen LogP contribution in [0, 0.1) is 11.8 Å². The topological polar surface area (TPSA) is 78.9 Å². The van der Waals surface area contributed by atoms with Crippen molar-refractivity contribution in [3.63, 3.8) is 0 Å². The molecule has 0 spiro atoms. The molecule has 98 valence electrons. The lowest BCUT2D eigenvalue weighted by Crippen LogP contribution is -2.42. The van der Waals surface area contributed by atoms with Crippen molar-refractivity contribution in [2.75, 3.05) is 6.54 Å². The molecule has 0 radical (unpaired) electrons. The van der Waals surface area contributed by atoms with E-state index in [1.165, 1.54) is 12.8 Å². The Morgan fingerprint density at radius 1 is 1.47 bits per heavy atom. The van der Waals surface area contributed by atoms with Crippen molar-refractivity contribution >= 4 is 11.7 Å². The van der Waals surface area contributed by atoms with Gasteiger partial charge in [-0.05, 0) is 32.6 Å². The highest BCUT2D eigenvalue weighted by atomic mass is 16.4. The molecule has 1 fully saturated rings. The molecule has 0 heterocycles. The Bertz CT molecular complexity index is 298. The summed E-state index contributed by atoms with van der Waals surface area (Å²) < 4.78 is 0. The van der Waals surface area contributed by atoms with E-state index in [0.29, 0.717) is 18.9 Å². The molecule has 1 atom stereocenters. The minimum absolute atomic E-state index is 0.102. The van der Waals surface area contributed by atoms with E-state index in [9.17, 15) is 4.79 Å². The number of amides is 1. The Morgan fingerprint density at radius 2 is 2.06 bits per heavy atom. The molecule has 1 unspecified atom stereocenters. The summed E-state index contributed by atoms with van der Waals surface area (Å²) >= 11 is 0. The zero-order valence-electron chi connectivity index (χ0n) is 10.9. The SMILES string of the molecule is CC(C(=O)N(CCC(N)=NO)C(C)C)C1CC1. The molecule has 1 aliphatic carbocycles. The number of oxime groups is 1. The summed E-state index contributed by atoms with van der Waals surface area (Å²) in [5.74, 6) is 1.02. The average Bonchev–Trinajstić information content (AvgIpc) is 3.11. The third kappa shape index (κ3) is 3.91. The number of nitrogens with zero attached hydrogens (tertiary/aromatic N) is 2. The van der Waals surface area contributed by atoms with Crippen LogP contribution >= 0.6 is 0 Å².